The smallest absolute Gasteiger partial charge is 0.339 e. The van der Waals surface area contributed by atoms with E-state index in [9.17, 15) is 4.79 Å². The Morgan fingerprint density at radius 3 is 2.86 bits per heavy atom. The second kappa shape index (κ2) is 6.33. The van der Waals surface area contributed by atoms with Gasteiger partial charge < -0.3 is 14.6 Å². The normalized spacial score (nSPS) is 10.0. The zero-order valence-electron chi connectivity index (χ0n) is 11.7. The van der Waals surface area contributed by atoms with Gasteiger partial charge in [-0.3, -0.25) is 0 Å². The van der Waals surface area contributed by atoms with E-state index >= 15 is 0 Å². The SMILES string of the molecule is COC(=O)c1ccc(Cl)cc1NCc1cc(C#N)n(C)c1. The van der Waals surface area contributed by atoms with Crippen LogP contribution in [-0.4, -0.2) is 17.6 Å². The lowest BCUT2D eigenvalue weighted by Crippen LogP contribution is -2.08. The van der Waals surface area contributed by atoms with E-state index < -0.39 is 5.97 Å². The number of methoxy groups -OCH3 is 1. The molecular weight excluding hydrogens is 290 g/mol. The highest BCUT2D eigenvalue weighted by atomic mass is 35.5. The summed E-state index contributed by atoms with van der Waals surface area (Å²) in [5, 5.41) is 12.6. The lowest BCUT2D eigenvalue weighted by atomic mass is 10.1. The Hall–Kier alpha value is -2.45. The van der Waals surface area contributed by atoms with E-state index in [0.717, 1.165) is 5.56 Å². The van der Waals surface area contributed by atoms with E-state index in [4.69, 9.17) is 21.6 Å². The first-order valence-corrected chi connectivity index (χ1v) is 6.60. The quantitative estimate of drug-likeness (QED) is 0.882. The number of hydrogen-bond donors (Lipinski definition) is 1. The Labute approximate surface area is 127 Å². The monoisotopic (exact) mass is 303 g/mol. The van der Waals surface area contributed by atoms with Gasteiger partial charge in [0.25, 0.3) is 0 Å². The molecule has 0 spiro atoms. The van der Waals surface area contributed by atoms with Gasteiger partial charge in [-0.25, -0.2) is 4.79 Å². The largest absolute Gasteiger partial charge is 0.465 e. The number of benzene rings is 1. The number of anilines is 1. The van der Waals surface area contributed by atoms with Gasteiger partial charge in [0.1, 0.15) is 11.8 Å². The van der Waals surface area contributed by atoms with Gasteiger partial charge in [-0.1, -0.05) is 11.6 Å². The molecule has 1 aromatic heterocycles. The highest BCUT2D eigenvalue weighted by Gasteiger charge is 2.12. The van der Waals surface area contributed by atoms with Crippen LogP contribution in [0.15, 0.2) is 30.5 Å². The van der Waals surface area contributed by atoms with Crippen LogP contribution in [0, 0.1) is 11.3 Å². The van der Waals surface area contributed by atoms with Crippen molar-refractivity contribution in [2.24, 2.45) is 7.05 Å². The third-order valence-corrected chi connectivity index (χ3v) is 3.28. The summed E-state index contributed by atoms with van der Waals surface area (Å²) in [5.41, 5.74) is 2.52. The predicted molar refractivity (Wildman–Crippen MR) is 80.2 cm³/mol. The van der Waals surface area contributed by atoms with E-state index in [2.05, 4.69) is 11.4 Å². The van der Waals surface area contributed by atoms with Crippen LogP contribution in [0.2, 0.25) is 5.02 Å². The lowest BCUT2D eigenvalue weighted by molar-refractivity contribution is 0.0602. The number of ether oxygens (including phenoxy) is 1. The van der Waals surface area contributed by atoms with E-state index in [-0.39, 0.29) is 0 Å². The molecule has 2 rings (SSSR count). The number of carbonyl (C=O) groups is 1. The summed E-state index contributed by atoms with van der Waals surface area (Å²) >= 11 is 5.96. The first kappa shape index (κ1) is 14.9. The molecule has 1 aromatic carbocycles. The zero-order chi connectivity index (χ0) is 15.4. The molecule has 5 nitrogen and oxygen atoms in total. The van der Waals surface area contributed by atoms with E-state index in [1.165, 1.54) is 7.11 Å². The van der Waals surface area contributed by atoms with Crippen LogP contribution in [0.25, 0.3) is 0 Å². The molecule has 0 saturated carbocycles. The van der Waals surface area contributed by atoms with Gasteiger partial charge in [-0.2, -0.15) is 5.26 Å². The van der Waals surface area contributed by atoms with Crippen LogP contribution in [0.4, 0.5) is 5.69 Å². The maximum Gasteiger partial charge on any atom is 0.339 e. The van der Waals surface area contributed by atoms with Crippen molar-refractivity contribution in [3.05, 3.63) is 52.3 Å². The third-order valence-electron chi connectivity index (χ3n) is 3.05. The standard InChI is InChI=1S/C15H14ClN3O2/c1-19-9-10(5-12(19)7-17)8-18-14-6-11(16)3-4-13(14)15(20)21-2/h3-6,9,18H,8H2,1-2H3. The van der Waals surface area contributed by atoms with Gasteiger partial charge in [0.15, 0.2) is 0 Å². The summed E-state index contributed by atoms with van der Waals surface area (Å²) < 4.78 is 6.49. The number of aromatic nitrogens is 1. The molecule has 0 aliphatic heterocycles. The molecule has 1 heterocycles. The van der Waals surface area contributed by atoms with Crippen molar-refractivity contribution in [1.29, 1.82) is 5.26 Å². The van der Waals surface area contributed by atoms with Crippen LogP contribution in [-0.2, 0) is 18.3 Å². The Kier molecular flexibility index (Phi) is 4.51. The number of aryl methyl sites for hydroxylation is 1. The van der Waals surface area contributed by atoms with Crippen molar-refractivity contribution < 1.29 is 9.53 Å². The number of esters is 1. The van der Waals surface area contributed by atoms with Crippen LogP contribution in [0.3, 0.4) is 0 Å². The van der Waals surface area contributed by atoms with Gasteiger partial charge in [0.05, 0.1) is 18.4 Å². The Morgan fingerprint density at radius 1 is 1.48 bits per heavy atom. The fourth-order valence-corrected chi connectivity index (χ4v) is 2.16. The van der Waals surface area contributed by atoms with E-state index in [0.29, 0.717) is 28.5 Å². The number of hydrogen-bond acceptors (Lipinski definition) is 4. The number of halogens is 1. The van der Waals surface area contributed by atoms with Crippen molar-refractivity contribution in [3.8, 4) is 6.07 Å². The average Bonchev–Trinajstić information content (AvgIpc) is 2.84. The predicted octanol–water partition coefficient (Wildman–Crippen LogP) is 2.95. The second-order valence-electron chi connectivity index (χ2n) is 4.49. The van der Waals surface area contributed by atoms with Gasteiger partial charge >= 0.3 is 5.97 Å². The molecule has 0 aliphatic rings. The van der Waals surface area contributed by atoms with Crippen molar-refractivity contribution >= 4 is 23.3 Å². The maximum absolute atomic E-state index is 11.7. The minimum atomic E-state index is -0.431. The topological polar surface area (TPSA) is 67.0 Å². The highest BCUT2D eigenvalue weighted by molar-refractivity contribution is 6.31. The molecular formula is C15H14ClN3O2. The molecule has 0 bridgehead atoms. The minimum absolute atomic E-state index is 0.415. The fourth-order valence-electron chi connectivity index (χ4n) is 1.99. The Balaban J connectivity index is 2.21. The van der Waals surface area contributed by atoms with Crippen molar-refractivity contribution in [3.63, 3.8) is 0 Å². The van der Waals surface area contributed by atoms with Gasteiger partial charge in [0.2, 0.25) is 0 Å². The molecule has 21 heavy (non-hydrogen) atoms. The summed E-state index contributed by atoms with van der Waals surface area (Å²) in [5.74, 6) is -0.431. The molecule has 0 fully saturated rings. The molecule has 0 atom stereocenters. The molecule has 108 valence electrons. The number of rotatable bonds is 4. The van der Waals surface area contributed by atoms with Gasteiger partial charge in [-0.15, -0.1) is 0 Å². The highest BCUT2D eigenvalue weighted by Crippen LogP contribution is 2.22. The van der Waals surface area contributed by atoms with Crippen LogP contribution in [0.1, 0.15) is 21.6 Å². The third kappa shape index (κ3) is 3.36. The lowest BCUT2D eigenvalue weighted by Gasteiger charge is -2.10. The summed E-state index contributed by atoms with van der Waals surface area (Å²) in [6, 6.07) is 8.80. The summed E-state index contributed by atoms with van der Waals surface area (Å²) in [4.78, 5) is 11.7. The first-order chi connectivity index (χ1) is 10.0. The average molecular weight is 304 g/mol. The maximum atomic E-state index is 11.7. The first-order valence-electron chi connectivity index (χ1n) is 6.22. The van der Waals surface area contributed by atoms with Crippen molar-refractivity contribution in [2.45, 2.75) is 6.54 Å². The van der Waals surface area contributed by atoms with E-state index in [1.807, 2.05) is 6.20 Å². The van der Waals surface area contributed by atoms with Gasteiger partial charge in [0, 0.05) is 24.8 Å². The minimum Gasteiger partial charge on any atom is -0.465 e. The van der Waals surface area contributed by atoms with E-state index in [1.54, 1.807) is 35.9 Å². The molecule has 0 saturated heterocycles. The fraction of sp³-hybridized carbons (Fsp3) is 0.200. The molecule has 1 N–H and O–H groups in total. The van der Waals surface area contributed by atoms with Crippen LogP contribution < -0.4 is 5.32 Å². The van der Waals surface area contributed by atoms with Crippen LogP contribution >= 0.6 is 11.6 Å². The molecule has 0 unspecified atom stereocenters. The molecule has 6 heteroatoms. The molecule has 0 amide bonds. The Morgan fingerprint density at radius 2 is 2.24 bits per heavy atom. The summed E-state index contributed by atoms with van der Waals surface area (Å²) in [7, 11) is 3.14. The van der Waals surface area contributed by atoms with Crippen molar-refractivity contribution in [2.75, 3.05) is 12.4 Å². The molecule has 2 aromatic rings. The molecule has 0 radical (unpaired) electrons. The van der Waals surface area contributed by atoms with Crippen molar-refractivity contribution in [1.82, 2.24) is 4.57 Å². The molecule has 0 aliphatic carbocycles. The van der Waals surface area contributed by atoms with Crippen LogP contribution in [0.5, 0.6) is 0 Å². The second-order valence-corrected chi connectivity index (χ2v) is 4.93. The number of nitrogens with zero attached hydrogens (tertiary/aromatic N) is 2. The number of nitriles is 1. The number of nitrogens with one attached hydrogen (secondary N) is 1. The zero-order valence-corrected chi connectivity index (χ0v) is 12.4. The van der Waals surface area contributed by atoms with Gasteiger partial charge in [-0.05, 0) is 29.8 Å². The number of carbonyl (C=O) groups excluding carboxylic acids is 1. The summed E-state index contributed by atoms with van der Waals surface area (Å²) in [6.07, 6.45) is 1.86. The Bertz CT molecular complexity index is 716. The summed E-state index contributed by atoms with van der Waals surface area (Å²) in [6.45, 7) is 0.472.